The van der Waals surface area contributed by atoms with Crippen LogP contribution >= 0.6 is 11.6 Å². The molecule has 4 nitrogen and oxygen atoms in total. The van der Waals surface area contributed by atoms with E-state index in [1.807, 2.05) is 42.5 Å². The average molecular weight is 351 g/mol. The average Bonchev–Trinajstić information content (AvgIpc) is 2.82. The van der Waals surface area contributed by atoms with Crippen molar-refractivity contribution < 1.29 is 8.42 Å². The largest absolute Gasteiger partial charge is 0.380 e. The van der Waals surface area contributed by atoms with Crippen molar-refractivity contribution in [3.8, 4) is 0 Å². The van der Waals surface area contributed by atoms with Gasteiger partial charge in [0.15, 0.2) is 9.84 Å². The molecular formula is C17H19ClN2O2S. The van der Waals surface area contributed by atoms with E-state index < -0.39 is 9.84 Å². The molecule has 6 heteroatoms. The van der Waals surface area contributed by atoms with Gasteiger partial charge in [-0.3, -0.25) is 0 Å². The number of hydrogen-bond donors (Lipinski definition) is 2. The predicted octanol–water partition coefficient (Wildman–Crippen LogP) is 2.71. The highest BCUT2D eigenvalue weighted by atomic mass is 35.5. The molecule has 122 valence electrons. The highest BCUT2D eigenvalue weighted by molar-refractivity contribution is 7.91. The maximum atomic E-state index is 12.0. The van der Waals surface area contributed by atoms with E-state index in [1.165, 1.54) is 0 Å². The lowest BCUT2D eigenvalue weighted by Gasteiger charge is -2.22. The van der Waals surface area contributed by atoms with Gasteiger partial charge in [-0.1, -0.05) is 41.9 Å². The molecule has 0 amide bonds. The van der Waals surface area contributed by atoms with E-state index in [2.05, 4.69) is 10.6 Å². The summed E-state index contributed by atoms with van der Waals surface area (Å²) < 4.78 is 24.0. The van der Waals surface area contributed by atoms with Crippen LogP contribution < -0.4 is 10.6 Å². The molecule has 0 radical (unpaired) electrons. The molecule has 0 bridgehead atoms. The minimum Gasteiger partial charge on any atom is -0.380 e. The quantitative estimate of drug-likeness (QED) is 0.870. The Morgan fingerprint density at radius 2 is 1.61 bits per heavy atom. The Morgan fingerprint density at radius 3 is 2.30 bits per heavy atom. The fourth-order valence-corrected chi connectivity index (χ4v) is 4.82. The molecule has 23 heavy (non-hydrogen) atoms. The zero-order valence-corrected chi connectivity index (χ0v) is 14.1. The van der Waals surface area contributed by atoms with Crippen LogP contribution in [0.5, 0.6) is 0 Å². The number of nitrogens with one attached hydrogen (secondary N) is 2. The van der Waals surface area contributed by atoms with Crippen LogP contribution in [0.2, 0.25) is 5.02 Å². The van der Waals surface area contributed by atoms with Crippen LogP contribution in [0, 0.1) is 0 Å². The first kappa shape index (κ1) is 16.3. The molecule has 1 aliphatic heterocycles. The van der Waals surface area contributed by atoms with Crippen molar-refractivity contribution in [1.29, 1.82) is 0 Å². The van der Waals surface area contributed by atoms with Crippen molar-refractivity contribution in [3.63, 3.8) is 0 Å². The molecule has 0 aliphatic carbocycles. The summed E-state index contributed by atoms with van der Waals surface area (Å²) in [6, 6.07) is 17.0. The van der Waals surface area contributed by atoms with Crippen molar-refractivity contribution in [2.24, 2.45) is 0 Å². The van der Waals surface area contributed by atoms with Crippen LogP contribution in [0.3, 0.4) is 0 Å². The number of sulfone groups is 1. The fraction of sp³-hybridized carbons (Fsp3) is 0.294. The lowest BCUT2D eigenvalue weighted by Crippen LogP contribution is -2.42. The van der Waals surface area contributed by atoms with Crippen LogP contribution in [0.25, 0.3) is 0 Å². The molecule has 3 rings (SSSR count). The summed E-state index contributed by atoms with van der Waals surface area (Å²) in [5.74, 6) is 0.299. The lowest BCUT2D eigenvalue weighted by molar-refractivity contribution is 0.521. The van der Waals surface area contributed by atoms with Gasteiger partial charge in [-0.05, 0) is 29.8 Å². The van der Waals surface area contributed by atoms with Gasteiger partial charge in [0.25, 0.3) is 0 Å². The molecule has 1 saturated heterocycles. The van der Waals surface area contributed by atoms with Gasteiger partial charge < -0.3 is 10.6 Å². The molecule has 2 aromatic carbocycles. The van der Waals surface area contributed by atoms with Gasteiger partial charge in [0.1, 0.15) is 0 Å². The number of halogens is 1. The highest BCUT2D eigenvalue weighted by Crippen LogP contribution is 2.20. The summed E-state index contributed by atoms with van der Waals surface area (Å²) in [6.45, 7) is 0.653. The molecule has 2 N–H and O–H groups in total. The van der Waals surface area contributed by atoms with Crippen molar-refractivity contribution in [3.05, 3.63) is 65.2 Å². The number of anilines is 1. The second kappa shape index (κ2) is 6.91. The number of benzene rings is 2. The highest BCUT2D eigenvalue weighted by Gasteiger charge is 2.37. The number of rotatable bonds is 5. The molecule has 0 aromatic heterocycles. The van der Waals surface area contributed by atoms with Crippen LogP contribution in [-0.4, -0.2) is 32.0 Å². The second-order valence-electron chi connectivity index (χ2n) is 5.81. The summed E-state index contributed by atoms with van der Waals surface area (Å²) in [6.07, 6.45) is 0. The van der Waals surface area contributed by atoms with E-state index in [1.54, 1.807) is 12.1 Å². The molecule has 0 saturated carbocycles. The molecule has 2 atom stereocenters. The number of hydrogen-bond acceptors (Lipinski definition) is 4. The molecule has 0 unspecified atom stereocenters. The Kier molecular flexibility index (Phi) is 4.90. The van der Waals surface area contributed by atoms with Crippen LogP contribution in [0.15, 0.2) is 54.6 Å². The Balaban J connectivity index is 1.68. The van der Waals surface area contributed by atoms with Crippen LogP contribution in [-0.2, 0) is 16.4 Å². The van der Waals surface area contributed by atoms with E-state index in [0.29, 0.717) is 11.6 Å². The van der Waals surface area contributed by atoms with E-state index >= 15 is 0 Å². The monoisotopic (exact) mass is 350 g/mol. The normalized spacial score (nSPS) is 22.8. The zero-order valence-electron chi connectivity index (χ0n) is 12.6. The van der Waals surface area contributed by atoms with Crippen molar-refractivity contribution in [2.75, 3.05) is 16.8 Å². The maximum absolute atomic E-state index is 12.0. The Bertz CT molecular complexity index is 748. The lowest BCUT2D eigenvalue weighted by atomic mass is 10.1. The van der Waals surface area contributed by atoms with Gasteiger partial charge in [0.2, 0.25) is 0 Å². The third kappa shape index (κ3) is 4.47. The molecule has 1 heterocycles. The standard InChI is InChI=1S/C17H19ClN2O2S/c18-14-6-8-15(9-7-14)20-17-12-23(21,22)11-16(17)19-10-13-4-2-1-3-5-13/h1-9,16-17,19-20H,10-12H2/t16-,17+/m0/s1. The zero-order chi connectivity index (χ0) is 16.3. The van der Waals surface area contributed by atoms with Gasteiger partial charge in [0, 0.05) is 23.3 Å². The molecule has 1 aliphatic rings. The Labute approximate surface area is 141 Å². The summed E-state index contributed by atoms with van der Waals surface area (Å²) in [5, 5.41) is 7.34. The van der Waals surface area contributed by atoms with Crippen LogP contribution in [0.1, 0.15) is 5.56 Å². The van der Waals surface area contributed by atoms with Gasteiger partial charge >= 0.3 is 0 Å². The van der Waals surface area contributed by atoms with Gasteiger partial charge in [-0.25, -0.2) is 8.42 Å². The van der Waals surface area contributed by atoms with Gasteiger partial charge in [-0.15, -0.1) is 0 Å². The molecular weight excluding hydrogens is 332 g/mol. The Morgan fingerprint density at radius 1 is 0.957 bits per heavy atom. The van der Waals surface area contributed by atoms with Crippen LogP contribution in [0.4, 0.5) is 5.69 Å². The third-order valence-corrected chi connectivity index (χ3v) is 5.95. The van der Waals surface area contributed by atoms with Crippen molar-refractivity contribution in [2.45, 2.75) is 18.6 Å². The first-order chi connectivity index (χ1) is 11.0. The Hall–Kier alpha value is -1.56. The first-order valence-corrected chi connectivity index (χ1v) is 9.72. The third-order valence-electron chi connectivity index (χ3n) is 3.96. The smallest absolute Gasteiger partial charge is 0.153 e. The predicted molar refractivity (Wildman–Crippen MR) is 94.6 cm³/mol. The minimum atomic E-state index is -3.03. The minimum absolute atomic E-state index is 0.115. The first-order valence-electron chi connectivity index (χ1n) is 7.52. The summed E-state index contributed by atoms with van der Waals surface area (Å²) in [5.41, 5.74) is 2.02. The van der Waals surface area contributed by atoms with Gasteiger partial charge in [0.05, 0.1) is 17.5 Å². The fourth-order valence-electron chi connectivity index (χ4n) is 2.80. The second-order valence-corrected chi connectivity index (χ2v) is 8.40. The van der Waals surface area contributed by atoms with Gasteiger partial charge in [-0.2, -0.15) is 0 Å². The summed E-state index contributed by atoms with van der Waals surface area (Å²) >= 11 is 5.88. The van der Waals surface area contributed by atoms with E-state index in [0.717, 1.165) is 11.3 Å². The maximum Gasteiger partial charge on any atom is 0.153 e. The summed E-state index contributed by atoms with van der Waals surface area (Å²) in [7, 11) is -3.03. The SMILES string of the molecule is O=S1(=O)C[C@H](NCc2ccccc2)[C@H](Nc2ccc(Cl)cc2)C1. The topological polar surface area (TPSA) is 58.2 Å². The summed E-state index contributed by atoms with van der Waals surface area (Å²) in [4.78, 5) is 0. The van der Waals surface area contributed by atoms with Crippen molar-refractivity contribution in [1.82, 2.24) is 5.32 Å². The van der Waals surface area contributed by atoms with Crippen molar-refractivity contribution >= 4 is 27.1 Å². The van der Waals surface area contributed by atoms with E-state index in [-0.39, 0.29) is 23.6 Å². The molecule has 1 fully saturated rings. The van der Waals surface area contributed by atoms with E-state index in [9.17, 15) is 8.42 Å². The molecule has 0 spiro atoms. The van der Waals surface area contributed by atoms with E-state index in [4.69, 9.17) is 11.6 Å². The molecule has 2 aromatic rings.